The van der Waals surface area contributed by atoms with Gasteiger partial charge in [0.1, 0.15) is 0 Å². The summed E-state index contributed by atoms with van der Waals surface area (Å²) in [5.41, 5.74) is 0. The van der Waals surface area contributed by atoms with E-state index in [2.05, 4.69) is 0 Å². The van der Waals surface area contributed by atoms with Gasteiger partial charge in [0.25, 0.3) is 0 Å². The second-order valence-corrected chi connectivity index (χ2v) is 8.37. The quantitative estimate of drug-likeness (QED) is 0.527. The normalized spacial score (nSPS) is 18.3. The van der Waals surface area contributed by atoms with Crippen LogP contribution in [0.3, 0.4) is 0 Å². The molecule has 0 aromatic carbocycles. The molecule has 0 fully saturated rings. The van der Waals surface area contributed by atoms with Crippen molar-refractivity contribution < 1.29 is 8.75 Å². The summed E-state index contributed by atoms with van der Waals surface area (Å²) in [6, 6.07) is 0. The molecule has 0 radical (unpaired) electrons. The van der Waals surface area contributed by atoms with Crippen molar-refractivity contribution in [3.63, 3.8) is 0 Å². The van der Waals surface area contributed by atoms with Crippen LogP contribution in [0.4, 0.5) is 0 Å². The minimum Gasteiger partial charge on any atom is -0.294 e. The van der Waals surface area contributed by atoms with Crippen molar-refractivity contribution >= 4 is 16.6 Å². The second-order valence-electron chi connectivity index (χ2n) is 1.98. The Morgan fingerprint density at radius 3 is 2.45 bits per heavy atom. The molecule has 0 aliphatic carbocycles. The van der Waals surface area contributed by atoms with E-state index in [0.29, 0.717) is 12.8 Å². The van der Waals surface area contributed by atoms with E-state index in [1.54, 1.807) is 20.8 Å². The standard InChI is InChI=1S/C6H17NO2PS/c1-4-9-11(7,6-3)10(8)5-2/h7,11H,4-6H2,1-3H3/q+1/i11D. The summed E-state index contributed by atoms with van der Waals surface area (Å²) in [6.45, 7) is 5.45. The molecular formula is C6H17NO2PS+. The average Bonchev–Trinajstić information content (AvgIpc) is 2.04. The summed E-state index contributed by atoms with van der Waals surface area (Å²) >= 11 is 0. The first-order valence-corrected chi connectivity index (χ1v) is 7.53. The highest BCUT2D eigenvalue weighted by Gasteiger charge is 2.28. The average molecular weight is 199 g/mol. The van der Waals surface area contributed by atoms with Gasteiger partial charge in [0.2, 0.25) is 0 Å². The lowest BCUT2D eigenvalue weighted by Crippen LogP contribution is -2.12. The van der Waals surface area contributed by atoms with Gasteiger partial charge >= 0.3 is 7.00 Å². The van der Waals surface area contributed by atoms with Gasteiger partial charge in [0.15, 0.2) is 7.29 Å². The molecule has 0 spiro atoms. The Morgan fingerprint density at radius 1 is 1.64 bits per heavy atom. The lowest BCUT2D eigenvalue weighted by Gasteiger charge is -2.14. The third-order valence-corrected chi connectivity index (χ3v) is 7.71. The fourth-order valence-electron chi connectivity index (χ4n) is 0.690. The Balaban J connectivity index is 4.87. The minimum absolute atomic E-state index is 0.230. The van der Waals surface area contributed by atoms with Gasteiger partial charge in [-0.25, -0.2) is 4.78 Å². The summed E-state index contributed by atoms with van der Waals surface area (Å²) < 4.78 is 32.1. The van der Waals surface area contributed by atoms with E-state index in [1.165, 1.54) is 0 Å². The molecule has 0 aromatic heterocycles. The van der Waals surface area contributed by atoms with Crippen molar-refractivity contribution in [1.82, 2.24) is 0 Å². The van der Waals surface area contributed by atoms with Crippen LogP contribution >= 0.6 is 7.00 Å². The first-order chi connectivity index (χ1) is 5.39. The van der Waals surface area contributed by atoms with E-state index in [9.17, 15) is 4.57 Å². The number of hydrogen-bond donors (Lipinski definition) is 2. The van der Waals surface area contributed by atoms with E-state index < -0.39 is 16.6 Å². The van der Waals surface area contributed by atoms with Crippen LogP contribution in [-0.4, -0.2) is 19.6 Å². The Labute approximate surface area is 71.2 Å². The largest absolute Gasteiger partial charge is 0.413 e. The molecule has 0 saturated carbocycles. The highest BCUT2D eigenvalue weighted by molar-refractivity contribution is 8.50. The zero-order valence-electron chi connectivity index (χ0n) is 8.29. The van der Waals surface area contributed by atoms with Gasteiger partial charge in [0.05, 0.1) is 16.2 Å². The fraction of sp³-hybridized carbons (Fsp3) is 1.00. The lowest BCUT2D eigenvalue weighted by molar-refractivity contribution is 0.387. The maximum atomic E-state index is 11.5. The van der Waals surface area contributed by atoms with Crippen molar-refractivity contribution in [3.8, 4) is 0 Å². The third-order valence-electron chi connectivity index (χ3n) is 1.29. The molecule has 0 rings (SSSR count). The molecule has 1 atom stereocenters. The number of hydrogen-bond acceptors (Lipinski definition) is 3. The Kier molecular flexibility index (Phi) is 4.20. The SMILES string of the molecule is [2H]S(=N)(CC)(OCC)[P+](=O)CC. The fourth-order valence-corrected chi connectivity index (χ4v) is 4.85. The smallest absolute Gasteiger partial charge is 0.294 e. The Hall–Kier alpha value is 0.210. The molecular weight excluding hydrogens is 181 g/mol. The maximum absolute atomic E-state index is 11.5. The molecule has 3 nitrogen and oxygen atoms in total. The van der Waals surface area contributed by atoms with Gasteiger partial charge < -0.3 is 0 Å². The predicted octanol–water partition coefficient (Wildman–Crippen LogP) is 2.37. The molecule has 68 valence electrons. The summed E-state index contributed by atoms with van der Waals surface area (Å²) in [5.74, 6) is 0.230. The highest BCUT2D eigenvalue weighted by atomic mass is 32.8. The first kappa shape index (κ1) is 9.30. The van der Waals surface area contributed by atoms with Crippen molar-refractivity contribution in [1.29, 1.82) is 5.90 Å². The molecule has 0 bridgehead atoms. The molecule has 1 N–H and O–H groups in total. The van der Waals surface area contributed by atoms with Crippen molar-refractivity contribution in [2.75, 3.05) is 18.5 Å². The van der Waals surface area contributed by atoms with Crippen LogP contribution in [0.15, 0.2) is 0 Å². The maximum Gasteiger partial charge on any atom is 0.413 e. The predicted molar refractivity (Wildman–Crippen MR) is 51.8 cm³/mol. The van der Waals surface area contributed by atoms with E-state index >= 15 is 0 Å². The zero-order valence-corrected chi connectivity index (χ0v) is 9.00. The molecule has 5 heteroatoms. The van der Waals surface area contributed by atoms with Crippen molar-refractivity contribution in [2.24, 2.45) is 0 Å². The third kappa shape index (κ3) is 2.97. The Bertz CT molecular complexity index is 246. The summed E-state index contributed by atoms with van der Waals surface area (Å²) in [5, 5.41) is 0. The van der Waals surface area contributed by atoms with Crippen LogP contribution < -0.4 is 0 Å². The molecule has 0 aromatic rings. The molecule has 0 aliphatic heterocycles. The van der Waals surface area contributed by atoms with Crippen LogP contribution in [0.5, 0.6) is 0 Å². The van der Waals surface area contributed by atoms with Gasteiger partial charge in [-0.05, 0) is 13.8 Å². The molecule has 11 heavy (non-hydrogen) atoms. The van der Waals surface area contributed by atoms with Gasteiger partial charge in [0, 0.05) is 5.75 Å². The van der Waals surface area contributed by atoms with Gasteiger partial charge in [-0.2, -0.15) is 0 Å². The van der Waals surface area contributed by atoms with Crippen LogP contribution in [-0.2, 0) is 18.4 Å². The number of nitrogens with one attached hydrogen (secondary N) is 1. The minimum atomic E-state index is -3.53. The van der Waals surface area contributed by atoms with Crippen LogP contribution in [0.2, 0.25) is 0 Å². The van der Waals surface area contributed by atoms with Crippen molar-refractivity contribution in [2.45, 2.75) is 20.8 Å². The highest BCUT2D eigenvalue weighted by Crippen LogP contribution is 2.38. The Morgan fingerprint density at radius 2 is 2.18 bits per heavy atom. The van der Waals surface area contributed by atoms with Crippen LogP contribution in [0.25, 0.3) is 0 Å². The summed E-state index contributed by atoms with van der Waals surface area (Å²) in [6.07, 6.45) is 0.359. The van der Waals surface area contributed by atoms with E-state index in [4.69, 9.17) is 10.1 Å². The molecule has 0 saturated heterocycles. The molecule has 0 heterocycles. The lowest BCUT2D eigenvalue weighted by atomic mass is 10.9. The molecule has 0 amide bonds. The zero-order chi connectivity index (χ0) is 9.85. The summed E-state index contributed by atoms with van der Waals surface area (Å²) in [7, 11) is -5.38. The number of thiol groups is 1. The molecule has 1 unspecified atom stereocenters. The van der Waals surface area contributed by atoms with E-state index in [1.807, 2.05) is 0 Å². The first-order valence-electron chi connectivity index (χ1n) is 4.16. The van der Waals surface area contributed by atoms with Crippen LogP contribution in [0.1, 0.15) is 20.8 Å². The van der Waals surface area contributed by atoms with Crippen LogP contribution in [0, 0.1) is 4.78 Å². The topological polar surface area (TPSA) is 50.1 Å². The number of rotatable bonds is 5. The van der Waals surface area contributed by atoms with E-state index in [-0.39, 0.29) is 5.75 Å². The van der Waals surface area contributed by atoms with Gasteiger partial charge in [-0.3, -0.25) is 4.18 Å². The second kappa shape index (κ2) is 4.96. The van der Waals surface area contributed by atoms with Gasteiger partial charge in [-0.1, -0.05) is 11.5 Å². The van der Waals surface area contributed by atoms with Crippen molar-refractivity contribution in [3.05, 3.63) is 0 Å². The van der Waals surface area contributed by atoms with Gasteiger partial charge in [-0.15, -0.1) is 0 Å². The molecule has 0 aliphatic rings. The summed E-state index contributed by atoms with van der Waals surface area (Å²) in [4.78, 5) is 0. The van der Waals surface area contributed by atoms with E-state index in [0.717, 1.165) is 0 Å². The monoisotopic (exact) mass is 199 g/mol.